The highest BCUT2D eigenvalue weighted by molar-refractivity contribution is 9.10. The van der Waals surface area contributed by atoms with Crippen LogP contribution in [0.25, 0.3) is 10.8 Å². The highest BCUT2D eigenvalue weighted by atomic mass is 79.9. The second-order valence-corrected chi connectivity index (χ2v) is 4.82. The van der Waals surface area contributed by atoms with Crippen molar-refractivity contribution in [3.05, 3.63) is 64.7 Å². The van der Waals surface area contributed by atoms with Gasteiger partial charge in [-0.15, -0.1) is 0 Å². The average molecular weight is 287 g/mol. The Morgan fingerprint density at radius 1 is 1.06 bits per heavy atom. The fraction of sp³-hybridized carbons (Fsp3) is 0.0714. The summed E-state index contributed by atoms with van der Waals surface area (Å²) < 4.78 is 1.14. The Hall–Kier alpha value is -1.61. The number of halogens is 1. The van der Waals surface area contributed by atoms with Gasteiger partial charge in [0.25, 0.3) is 0 Å². The van der Waals surface area contributed by atoms with E-state index >= 15 is 0 Å². The third-order valence-electron chi connectivity index (χ3n) is 2.87. The Morgan fingerprint density at radius 2 is 1.88 bits per heavy atom. The Kier molecular flexibility index (Phi) is 2.69. The normalized spacial score (nSPS) is 10.9. The molecule has 0 saturated heterocycles. The van der Waals surface area contributed by atoms with E-state index in [1.54, 1.807) is 6.20 Å². The molecule has 0 radical (unpaired) electrons. The molecule has 0 aliphatic carbocycles. The number of H-pyrrole nitrogens is 1. The molecule has 84 valence electrons. The lowest BCUT2D eigenvalue weighted by atomic mass is 10.0. The van der Waals surface area contributed by atoms with Crippen molar-refractivity contribution in [2.75, 3.05) is 0 Å². The smallest absolute Gasteiger partial charge is 0.110 e. The molecule has 0 atom stereocenters. The van der Waals surface area contributed by atoms with Gasteiger partial charge in [0.1, 0.15) is 5.82 Å². The number of hydrogen-bond donors (Lipinski definition) is 1. The highest BCUT2D eigenvalue weighted by Gasteiger charge is 2.05. The van der Waals surface area contributed by atoms with Crippen molar-refractivity contribution in [2.45, 2.75) is 6.42 Å². The first-order chi connectivity index (χ1) is 8.34. The van der Waals surface area contributed by atoms with E-state index in [2.05, 4.69) is 62.3 Å². The molecule has 0 bridgehead atoms. The van der Waals surface area contributed by atoms with Crippen LogP contribution in [0.1, 0.15) is 11.4 Å². The number of rotatable bonds is 2. The lowest BCUT2D eigenvalue weighted by Crippen LogP contribution is -1.92. The molecular formula is C14H11BrN2. The summed E-state index contributed by atoms with van der Waals surface area (Å²) in [4.78, 5) is 7.42. The van der Waals surface area contributed by atoms with Crippen LogP contribution >= 0.6 is 15.9 Å². The van der Waals surface area contributed by atoms with Crippen molar-refractivity contribution in [3.8, 4) is 0 Å². The first-order valence-electron chi connectivity index (χ1n) is 5.49. The van der Waals surface area contributed by atoms with E-state index < -0.39 is 0 Å². The molecular weight excluding hydrogens is 276 g/mol. The van der Waals surface area contributed by atoms with Gasteiger partial charge in [-0.2, -0.15) is 0 Å². The van der Waals surface area contributed by atoms with E-state index in [1.165, 1.54) is 16.3 Å². The van der Waals surface area contributed by atoms with Crippen LogP contribution in [-0.4, -0.2) is 9.97 Å². The van der Waals surface area contributed by atoms with E-state index in [1.807, 2.05) is 6.20 Å². The maximum absolute atomic E-state index is 4.27. The summed E-state index contributed by atoms with van der Waals surface area (Å²) in [5.41, 5.74) is 1.29. The van der Waals surface area contributed by atoms with Crippen LogP contribution in [0.3, 0.4) is 0 Å². The largest absolute Gasteiger partial charge is 0.348 e. The first-order valence-corrected chi connectivity index (χ1v) is 6.28. The van der Waals surface area contributed by atoms with Gasteiger partial charge in [0.05, 0.1) is 0 Å². The minimum absolute atomic E-state index is 0.834. The summed E-state index contributed by atoms with van der Waals surface area (Å²) in [6, 6.07) is 12.7. The van der Waals surface area contributed by atoms with Crippen LogP contribution in [0.5, 0.6) is 0 Å². The summed E-state index contributed by atoms with van der Waals surface area (Å²) in [5, 5.41) is 2.52. The lowest BCUT2D eigenvalue weighted by Gasteiger charge is -2.06. The zero-order valence-corrected chi connectivity index (χ0v) is 10.7. The number of benzene rings is 2. The number of fused-ring (bicyclic) bond motifs is 1. The lowest BCUT2D eigenvalue weighted by molar-refractivity contribution is 1.03. The molecule has 3 aromatic rings. The topological polar surface area (TPSA) is 28.7 Å². The SMILES string of the molecule is Brc1ccc(Cc2ncc[nH]2)c2ccccc12. The van der Waals surface area contributed by atoms with Crippen LogP contribution in [-0.2, 0) is 6.42 Å². The van der Waals surface area contributed by atoms with Gasteiger partial charge in [-0.25, -0.2) is 4.98 Å². The molecule has 0 aliphatic heterocycles. The number of imidazole rings is 1. The van der Waals surface area contributed by atoms with E-state index in [4.69, 9.17) is 0 Å². The van der Waals surface area contributed by atoms with Crippen LogP contribution in [0, 0.1) is 0 Å². The van der Waals surface area contributed by atoms with Crippen LogP contribution < -0.4 is 0 Å². The van der Waals surface area contributed by atoms with Gasteiger partial charge >= 0.3 is 0 Å². The molecule has 2 aromatic carbocycles. The summed E-state index contributed by atoms with van der Waals surface area (Å²) in [5.74, 6) is 0.998. The predicted octanol–water partition coefficient (Wildman–Crippen LogP) is 3.92. The van der Waals surface area contributed by atoms with Crippen molar-refractivity contribution in [3.63, 3.8) is 0 Å². The first kappa shape index (κ1) is 10.5. The van der Waals surface area contributed by atoms with Crippen molar-refractivity contribution in [2.24, 2.45) is 0 Å². The molecule has 0 aliphatic rings. The van der Waals surface area contributed by atoms with Crippen molar-refractivity contribution >= 4 is 26.7 Å². The summed E-state index contributed by atoms with van der Waals surface area (Å²) >= 11 is 3.59. The fourth-order valence-corrected chi connectivity index (χ4v) is 2.53. The van der Waals surface area contributed by atoms with Crippen LogP contribution in [0.15, 0.2) is 53.3 Å². The highest BCUT2D eigenvalue weighted by Crippen LogP contribution is 2.27. The molecule has 2 nitrogen and oxygen atoms in total. The molecule has 0 fully saturated rings. The standard InChI is InChI=1S/C14H11BrN2/c15-13-6-5-10(9-14-16-7-8-17-14)11-3-1-2-4-12(11)13/h1-8H,9H2,(H,16,17). The monoisotopic (exact) mass is 286 g/mol. The van der Waals surface area contributed by atoms with Crippen molar-refractivity contribution < 1.29 is 0 Å². The minimum atomic E-state index is 0.834. The molecule has 0 amide bonds. The van der Waals surface area contributed by atoms with E-state index in [0.717, 1.165) is 16.7 Å². The number of nitrogens with one attached hydrogen (secondary N) is 1. The summed E-state index contributed by atoms with van der Waals surface area (Å²) in [6.07, 6.45) is 4.48. The van der Waals surface area contributed by atoms with Crippen LogP contribution in [0.4, 0.5) is 0 Å². The number of aromatic amines is 1. The van der Waals surface area contributed by atoms with E-state index in [-0.39, 0.29) is 0 Å². The van der Waals surface area contributed by atoms with Gasteiger partial charge in [-0.1, -0.05) is 46.3 Å². The molecule has 1 heterocycles. The number of nitrogens with zero attached hydrogens (tertiary/aromatic N) is 1. The molecule has 1 N–H and O–H groups in total. The Labute approximate surface area is 108 Å². The Morgan fingerprint density at radius 3 is 2.65 bits per heavy atom. The van der Waals surface area contributed by atoms with Crippen molar-refractivity contribution in [1.29, 1.82) is 0 Å². The maximum atomic E-state index is 4.27. The number of hydrogen-bond acceptors (Lipinski definition) is 1. The third-order valence-corrected chi connectivity index (χ3v) is 3.57. The second kappa shape index (κ2) is 4.34. The average Bonchev–Trinajstić information content (AvgIpc) is 2.86. The molecule has 3 rings (SSSR count). The van der Waals surface area contributed by atoms with Gasteiger partial charge in [0.15, 0.2) is 0 Å². The molecule has 17 heavy (non-hydrogen) atoms. The Balaban J connectivity index is 2.14. The van der Waals surface area contributed by atoms with Crippen molar-refractivity contribution in [1.82, 2.24) is 9.97 Å². The van der Waals surface area contributed by atoms with E-state index in [0.29, 0.717) is 0 Å². The second-order valence-electron chi connectivity index (χ2n) is 3.96. The zero-order chi connectivity index (χ0) is 11.7. The van der Waals surface area contributed by atoms with Gasteiger partial charge in [0, 0.05) is 23.3 Å². The molecule has 1 aromatic heterocycles. The molecule has 3 heteroatoms. The number of aromatic nitrogens is 2. The molecule has 0 spiro atoms. The third kappa shape index (κ3) is 1.98. The van der Waals surface area contributed by atoms with E-state index in [9.17, 15) is 0 Å². The van der Waals surface area contributed by atoms with Crippen LogP contribution in [0.2, 0.25) is 0 Å². The molecule has 0 saturated carbocycles. The predicted molar refractivity (Wildman–Crippen MR) is 73.0 cm³/mol. The van der Waals surface area contributed by atoms with Gasteiger partial charge in [0.2, 0.25) is 0 Å². The zero-order valence-electron chi connectivity index (χ0n) is 9.15. The Bertz CT molecular complexity index is 644. The molecule has 0 unspecified atom stereocenters. The van der Waals surface area contributed by atoms with Gasteiger partial charge < -0.3 is 4.98 Å². The fourth-order valence-electron chi connectivity index (χ4n) is 2.05. The quantitative estimate of drug-likeness (QED) is 0.760. The van der Waals surface area contributed by atoms with Gasteiger partial charge in [-0.05, 0) is 22.4 Å². The maximum Gasteiger partial charge on any atom is 0.110 e. The summed E-state index contributed by atoms with van der Waals surface area (Å²) in [6.45, 7) is 0. The summed E-state index contributed by atoms with van der Waals surface area (Å²) in [7, 11) is 0. The van der Waals surface area contributed by atoms with Gasteiger partial charge in [-0.3, -0.25) is 0 Å². The minimum Gasteiger partial charge on any atom is -0.348 e.